The van der Waals surface area contributed by atoms with Crippen LogP contribution in [0.25, 0.3) is 0 Å². The molecule has 150 valence electrons. The Bertz CT molecular complexity index is 978. The van der Waals surface area contributed by atoms with Gasteiger partial charge in [0.05, 0.1) is 29.8 Å². The summed E-state index contributed by atoms with van der Waals surface area (Å²) in [7, 11) is -3.89. The molecule has 0 heterocycles. The number of esters is 1. The van der Waals surface area contributed by atoms with Gasteiger partial charge >= 0.3 is 5.97 Å². The minimum absolute atomic E-state index is 0.0174. The number of amides is 1. The third-order valence-electron chi connectivity index (χ3n) is 3.83. The number of sulfonamides is 1. The summed E-state index contributed by atoms with van der Waals surface area (Å²) < 4.78 is 43.8. The fraction of sp³-hybridized carbons (Fsp3) is 0.263. The van der Waals surface area contributed by atoms with E-state index in [0.29, 0.717) is 0 Å². The Morgan fingerprint density at radius 1 is 1.18 bits per heavy atom. The first kappa shape index (κ1) is 21.4. The van der Waals surface area contributed by atoms with Crippen LogP contribution >= 0.6 is 0 Å². The van der Waals surface area contributed by atoms with Crippen LogP contribution in [0.5, 0.6) is 0 Å². The monoisotopic (exact) mass is 408 g/mol. The van der Waals surface area contributed by atoms with Gasteiger partial charge in [-0.3, -0.25) is 9.10 Å². The Morgan fingerprint density at radius 2 is 1.86 bits per heavy atom. The van der Waals surface area contributed by atoms with Gasteiger partial charge in [0.15, 0.2) is 0 Å². The molecule has 0 aliphatic heterocycles. The first-order chi connectivity index (χ1) is 13.1. The minimum atomic E-state index is -3.89. The fourth-order valence-corrected chi connectivity index (χ4v) is 3.80. The number of hydrogen-bond donors (Lipinski definition) is 1. The zero-order chi connectivity index (χ0) is 20.9. The standard InChI is InChI=1S/C19H21FN2O5S/c1-4-27-19(24)16-10-5-6-11-17(16)21-18(23)13(2)22(28(3,25)26)15-9-7-8-14(20)12-15/h5-13H,4H2,1-3H3,(H,21,23). The van der Waals surface area contributed by atoms with Crippen LogP contribution in [0.4, 0.5) is 15.8 Å². The van der Waals surface area contributed by atoms with E-state index in [0.717, 1.165) is 16.6 Å². The van der Waals surface area contributed by atoms with Gasteiger partial charge in [-0.05, 0) is 44.2 Å². The van der Waals surface area contributed by atoms with Crippen molar-refractivity contribution in [2.24, 2.45) is 0 Å². The number of ether oxygens (including phenoxy) is 1. The maximum atomic E-state index is 13.6. The minimum Gasteiger partial charge on any atom is -0.462 e. The molecule has 0 fully saturated rings. The fourth-order valence-electron chi connectivity index (χ4n) is 2.64. The number of halogens is 1. The molecule has 0 aromatic heterocycles. The van der Waals surface area contributed by atoms with Crippen molar-refractivity contribution >= 4 is 33.3 Å². The summed E-state index contributed by atoms with van der Waals surface area (Å²) in [5.74, 6) is -1.94. The van der Waals surface area contributed by atoms with Crippen LogP contribution in [-0.2, 0) is 19.6 Å². The molecule has 2 aromatic rings. The van der Waals surface area contributed by atoms with Crippen molar-refractivity contribution in [2.45, 2.75) is 19.9 Å². The van der Waals surface area contributed by atoms with E-state index in [9.17, 15) is 22.4 Å². The Hall–Kier alpha value is -2.94. The van der Waals surface area contributed by atoms with Crippen LogP contribution in [0.1, 0.15) is 24.2 Å². The number of nitrogens with zero attached hydrogens (tertiary/aromatic N) is 1. The Kier molecular flexibility index (Phi) is 6.74. The van der Waals surface area contributed by atoms with Crippen molar-refractivity contribution in [3.8, 4) is 0 Å². The van der Waals surface area contributed by atoms with Crippen molar-refractivity contribution in [2.75, 3.05) is 22.5 Å². The first-order valence-corrected chi connectivity index (χ1v) is 10.3. The molecule has 0 radical (unpaired) electrons. The lowest BCUT2D eigenvalue weighted by atomic mass is 10.1. The van der Waals surface area contributed by atoms with Crippen molar-refractivity contribution in [1.82, 2.24) is 0 Å². The lowest BCUT2D eigenvalue weighted by molar-refractivity contribution is -0.116. The molecular weight excluding hydrogens is 387 g/mol. The summed E-state index contributed by atoms with van der Waals surface area (Å²) in [6.45, 7) is 3.19. The third-order valence-corrected chi connectivity index (χ3v) is 5.07. The van der Waals surface area contributed by atoms with E-state index in [4.69, 9.17) is 4.74 Å². The lowest BCUT2D eigenvalue weighted by Crippen LogP contribution is -2.45. The number of benzene rings is 2. The van der Waals surface area contributed by atoms with Gasteiger partial charge in [-0.15, -0.1) is 0 Å². The zero-order valence-corrected chi connectivity index (χ0v) is 16.5. The molecule has 1 atom stereocenters. The average molecular weight is 408 g/mol. The lowest BCUT2D eigenvalue weighted by Gasteiger charge is -2.28. The molecule has 1 amide bonds. The van der Waals surface area contributed by atoms with E-state index >= 15 is 0 Å². The van der Waals surface area contributed by atoms with Gasteiger partial charge in [0.25, 0.3) is 0 Å². The highest BCUT2D eigenvalue weighted by Gasteiger charge is 2.30. The van der Waals surface area contributed by atoms with Crippen LogP contribution < -0.4 is 9.62 Å². The Labute approximate surface area is 163 Å². The van der Waals surface area contributed by atoms with Crippen LogP contribution in [0.15, 0.2) is 48.5 Å². The summed E-state index contributed by atoms with van der Waals surface area (Å²) in [5, 5.41) is 2.55. The van der Waals surface area contributed by atoms with Crippen molar-refractivity contribution in [3.63, 3.8) is 0 Å². The van der Waals surface area contributed by atoms with Gasteiger partial charge in [0, 0.05) is 0 Å². The molecule has 0 saturated heterocycles. The molecule has 0 bridgehead atoms. The van der Waals surface area contributed by atoms with Crippen LogP contribution in [0, 0.1) is 5.82 Å². The number of rotatable bonds is 7. The summed E-state index contributed by atoms with van der Waals surface area (Å²) >= 11 is 0. The SMILES string of the molecule is CCOC(=O)c1ccccc1NC(=O)C(C)N(c1cccc(F)c1)S(C)(=O)=O. The molecule has 0 aliphatic carbocycles. The predicted molar refractivity (Wildman–Crippen MR) is 104 cm³/mol. The number of anilines is 2. The summed E-state index contributed by atoms with van der Waals surface area (Å²) in [5.41, 5.74) is 0.343. The molecule has 28 heavy (non-hydrogen) atoms. The third kappa shape index (κ3) is 5.07. The number of nitrogens with one attached hydrogen (secondary N) is 1. The van der Waals surface area contributed by atoms with Gasteiger partial charge in [-0.25, -0.2) is 17.6 Å². The quantitative estimate of drug-likeness (QED) is 0.711. The van der Waals surface area contributed by atoms with Crippen molar-refractivity contribution in [3.05, 3.63) is 59.9 Å². The largest absolute Gasteiger partial charge is 0.462 e. The summed E-state index contributed by atoms with van der Waals surface area (Å²) in [6.07, 6.45) is 0.925. The van der Waals surface area contributed by atoms with Gasteiger partial charge in [0.1, 0.15) is 11.9 Å². The average Bonchev–Trinajstić information content (AvgIpc) is 2.61. The molecule has 0 saturated carbocycles. The smallest absolute Gasteiger partial charge is 0.340 e. The second-order valence-corrected chi connectivity index (χ2v) is 7.83. The van der Waals surface area contributed by atoms with E-state index in [1.807, 2.05) is 0 Å². The highest BCUT2D eigenvalue weighted by molar-refractivity contribution is 7.92. The van der Waals surface area contributed by atoms with Crippen LogP contribution in [0.3, 0.4) is 0 Å². The second-order valence-electron chi connectivity index (χ2n) is 5.97. The van der Waals surface area contributed by atoms with Gasteiger partial charge in [0.2, 0.25) is 15.9 Å². The predicted octanol–water partition coefficient (Wildman–Crippen LogP) is 2.80. The van der Waals surface area contributed by atoms with E-state index in [-0.39, 0.29) is 23.5 Å². The number of carbonyl (C=O) groups is 2. The normalized spacial score (nSPS) is 12.1. The molecule has 2 rings (SSSR count). The summed E-state index contributed by atoms with van der Waals surface area (Å²) in [6, 6.07) is 9.95. The van der Waals surface area contributed by atoms with E-state index < -0.39 is 33.8 Å². The topological polar surface area (TPSA) is 92.8 Å². The van der Waals surface area contributed by atoms with Gasteiger partial charge < -0.3 is 10.1 Å². The highest BCUT2D eigenvalue weighted by Crippen LogP contribution is 2.23. The molecule has 2 aromatic carbocycles. The molecular formula is C19H21FN2O5S. The molecule has 0 spiro atoms. The van der Waals surface area contributed by atoms with Gasteiger partial charge in [-0.2, -0.15) is 0 Å². The van der Waals surface area contributed by atoms with E-state index in [1.54, 1.807) is 19.1 Å². The van der Waals surface area contributed by atoms with Gasteiger partial charge in [-0.1, -0.05) is 18.2 Å². The maximum absolute atomic E-state index is 13.6. The maximum Gasteiger partial charge on any atom is 0.340 e. The Morgan fingerprint density at radius 3 is 2.46 bits per heavy atom. The molecule has 0 aliphatic rings. The number of carbonyl (C=O) groups excluding carboxylic acids is 2. The Balaban J connectivity index is 2.34. The molecule has 1 N–H and O–H groups in total. The first-order valence-electron chi connectivity index (χ1n) is 8.47. The highest BCUT2D eigenvalue weighted by atomic mass is 32.2. The molecule has 9 heteroatoms. The molecule has 7 nitrogen and oxygen atoms in total. The zero-order valence-electron chi connectivity index (χ0n) is 15.7. The van der Waals surface area contributed by atoms with Crippen molar-refractivity contribution in [1.29, 1.82) is 0 Å². The second kappa shape index (κ2) is 8.83. The number of para-hydroxylation sites is 1. The molecule has 1 unspecified atom stereocenters. The van der Waals surface area contributed by atoms with E-state index in [2.05, 4.69) is 5.32 Å². The van der Waals surface area contributed by atoms with Crippen LogP contribution in [0.2, 0.25) is 0 Å². The number of hydrogen-bond acceptors (Lipinski definition) is 5. The summed E-state index contributed by atoms with van der Waals surface area (Å²) in [4.78, 5) is 24.8. The van der Waals surface area contributed by atoms with Crippen LogP contribution in [-0.4, -0.2) is 39.2 Å². The van der Waals surface area contributed by atoms with E-state index in [1.165, 1.54) is 37.3 Å². The van der Waals surface area contributed by atoms with Crippen molar-refractivity contribution < 1.29 is 27.1 Å².